The molecular formula is C16H21NO3S. The van der Waals surface area contributed by atoms with Gasteiger partial charge in [-0.2, -0.15) is 0 Å². The molecule has 2 aliphatic rings. The zero-order valence-corrected chi connectivity index (χ0v) is 13.1. The van der Waals surface area contributed by atoms with Crippen molar-refractivity contribution in [3.8, 4) is 0 Å². The van der Waals surface area contributed by atoms with E-state index in [0.29, 0.717) is 0 Å². The van der Waals surface area contributed by atoms with E-state index in [1.54, 1.807) is 11.3 Å². The molecule has 0 bridgehead atoms. The molecule has 0 N–H and O–H groups in total. The van der Waals surface area contributed by atoms with Gasteiger partial charge >= 0.3 is 0 Å². The van der Waals surface area contributed by atoms with Crippen LogP contribution in [0.2, 0.25) is 0 Å². The number of hydroxylamine groups is 2. The standard InChI is InChI=1S/C16H21NO3S/c1-12-14(8-4-6-13-7-5-11-21-13)16(18)17(12)20-15-9-2-3-10-19-15/h4-7,11-12,14-15H,2-3,8-10H2,1H3/b6-4+/t12-,14+,15?/m0/s1. The summed E-state index contributed by atoms with van der Waals surface area (Å²) in [6.07, 6.45) is 7.75. The highest BCUT2D eigenvalue weighted by Crippen LogP contribution is 2.32. The normalized spacial score (nSPS) is 29.9. The van der Waals surface area contributed by atoms with Crippen LogP contribution in [0.15, 0.2) is 23.6 Å². The number of rotatable bonds is 5. The van der Waals surface area contributed by atoms with Crippen LogP contribution in [0.1, 0.15) is 37.5 Å². The summed E-state index contributed by atoms with van der Waals surface area (Å²) in [6.45, 7) is 2.77. The second-order valence-corrected chi connectivity index (χ2v) is 6.55. The summed E-state index contributed by atoms with van der Waals surface area (Å²) in [5, 5.41) is 3.55. The first-order valence-corrected chi connectivity index (χ1v) is 8.45. The molecule has 1 unspecified atom stereocenters. The van der Waals surface area contributed by atoms with Crippen molar-refractivity contribution in [3.63, 3.8) is 0 Å². The average molecular weight is 307 g/mol. The second-order valence-electron chi connectivity index (χ2n) is 5.57. The highest BCUT2D eigenvalue weighted by atomic mass is 32.1. The Balaban J connectivity index is 1.47. The summed E-state index contributed by atoms with van der Waals surface area (Å²) in [5.41, 5.74) is 0. The fourth-order valence-corrected chi connectivity index (χ4v) is 3.38. The van der Waals surface area contributed by atoms with Crippen molar-refractivity contribution >= 4 is 23.3 Å². The van der Waals surface area contributed by atoms with Crippen molar-refractivity contribution in [1.82, 2.24) is 5.06 Å². The van der Waals surface area contributed by atoms with Gasteiger partial charge in [0.15, 0.2) is 6.29 Å². The molecule has 2 aliphatic heterocycles. The van der Waals surface area contributed by atoms with Gasteiger partial charge in [-0.05, 0) is 43.7 Å². The highest BCUT2D eigenvalue weighted by molar-refractivity contribution is 7.10. The summed E-state index contributed by atoms with van der Waals surface area (Å²) < 4.78 is 5.52. The minimum absolute atomic E-state index is 0.0322. The SMILES string of the molecule is C[C@H]1[C@@H](C/C=C/c2cccs2)C(=O)N1OC1CCCCO1. The number of carbonyl (C=O) groups excluding carboxylic acids is 1. The van der Waals surface area contributed by atoms with Crippen LogP contribution < -0.4 is 0 Å². The highest BCUT2D eigenvalue weighted by Gasteiger charge is 2.46. The van der Waals surface area contributed by atoms with Gasteiger partial charge in [-0.3, -0.25) is 4.79 Å². The maximum atomic E-state index is 12.2. The van der Waals surface area contributed by atoms with E-state index in [9.17, 15) is 4.79 Å². The van der Waals surface area contributed by atoms with Crippen LogP contribution in [-0.2, 0) is 14.4 Å². The van der Waals surface area contributed by atoms with Gasteiger partial charge in [-0.25, -0.2) is 9.90 Å². The van der Waals surface area contributed by atoms with Gasteiger partial charge in [0, 0.05) is 17.9 Å². The predicted molar refractivity (Wildman–Crippen MR) is 82.4 cm³/mol. The zero-order valence-electron chi connectivity index (χ0n) is 12.2. The first-order chi connectivity index (χ1) is 10.3. The molecule has 0 aromatic carbocycles. The smallest absolute Gasteiger partial charge is 0.252 e. The lowest BCUT2D eigenvalue weighted by atomic mass is 9.88. The fourth-order valence-electron chi connectivity index (χ4n) is 2.74. The van der Waals surface area contributed by atoms with Crippen LogP contribution in [0.3, 0.4) is 0 Å². The molecule has 2 fully saturated rings. The quantitative estimate of drug-likeness (QED) is 0.782. The lowest BCUT2D eigenvalue weighted by Gasteiger charge is -2.45. The monoisotopic (exact) mass is 307 g/mol. The van der Waals surface area contributed by atoms with Gasteiger partial charge in [0.1, 0.15) is 0 Å². The molecule has 4 nitrogen and oxygen atoms in total. The maximum absolute atomic E-state index is 12.2. The van der Waals surface area contributed by atoms with Crippen LogP contribution >= 0.6 is 11.3 Å². The second kappa shape index (κ2) is 6.73. The van der Waals surface area contributed by atoms with Gasteiger partial charge in [0.05, 0.1) is 12.0 Å². The van der Waals surface area contributed by atoms with Crippen LogP contribution in [0.25, 0.3) is 6.08 Å². The van der Waals surface area contributed by atoms with E-state index < -0.39 is 0 Å². The molecule has 0 aliphatic carbocycles. The molecule has 3 heterocycles. The van der Waals surface area contributed by atoms with Gasteiger partial charge in [0.2, 0.25) is 0 Å². The van der Waals surface area contributed by atoms with Crippen LogP contribution in [0.5, 0.6) is 0 Å². The molecule has 0 radical (unpaired) electrons. The van der Waals surface area contributed by atoms with E-state index in [-0.39, 0.29) is 24.2 Å². The third-order valence-corrected chi connectivity index (χ3v) is 4.91. The van der Waals surface area contributed by atoms with E-state index in [1.165, 1.54) is 9.94 Å². The predicted octanol–water partition coefficient (Wildman–Crippen LogP) is 3.46. The molecule has 3 rings (SSSR count). The molecule has 114 valence electrons. The number of thiophene rings is 1. The average Bonchev–Trinajstić information content (AvgIpc) is 3.03. The van der Waals surface area contributed by atoms with Crippen molar-refractivity contribution in [1.29, 1.82) is 0 Å². The number of β-lactam (4-membered cyclic amide) rings is 1. The Morgan fingerprint density at radius 1 is 1.52 bits per heavy atom. The van der Waals surface area contributed by atoms with E-state index in [1.807, 2.05) is 13.0 Å². The third kappa shape index (κ3) is 3.36. The lowest BCUT2D eigenvalue weighted by molar-refractivity contribution is -0.316. The molecule has 1 amide bonds. The van der Waals surface area contributed by atoms with Gasteiger partial charge in [-0.1, -0.05) is 12.1 Å². The van der Waals surface area contributed by atoms with E-state index in [0.717, 1.165) is 32.3 Å². The summed E-state index contributed by atoms with van der Waals surface area (Å²) in [5.74, 6) is 0.109. The Bertz CT molecular complexity index is 494. The number of nitrogens with zero attached hydrogens (tertiary/aromatic N) is 1. The van der Waals surface area contributed by atoms with E-state index >= 15 is 0 Å². The molecule has 5 heteroatoms. The van der Waals surface area contributed by atoms with Crippen LogP contribution in [0, 0.1) is 5.92 Å². The van der Waals surface area contributed by atoms with Crippen LogP contribution in [0.4, 0.5) is 0 Å². The third-order valence-electron chi connectivity index (χ3n) is 4.07. The number of hydrogen-bond donors (Lipinski definition) is 0. The minimum atomic E-state index is -0.243. The Morgan fingerprint density at radius 2 is 2.43 bits per heavy atom. The first kappa shape index (κ1) is 14.8. The number of ether oxygens (including phenoxy) is 1. The van der Waals surface area contributed by atoms with E-state index in [2.05, 4.69) is 23.6 Å². The lowest BCUT2D eigenvalue weighted by Crippen LogP contribution is -2.60. The van der Waals surface area contributed by atoms with Crippen molar-refractivity contribution in [2.75, 3.05) is 6.61 Å². The maximum Gasteiger partial charge on any atom is 0.252 e. The van der Waals surface area contributed by atoms with Crippen molar-refractivity contribution < 1.29 is 14.4 Å². The zero-order chi connectivity index (χ0) is 14.7. The molecule has 1 aromatic heterocycles. The van der Waals surface area contributed by atoms with Gasteiger partial charge in [0.25, 0.3) is 5.91 Å². The summed E-state index contributed by atoms with van der Waals surface area (Å²) in [6, 6.07) is 4.22. The molecule has 2 saturated heterocycles. The Morgan fingerprint density at radius 3 is 3.10 bits per heavy atom. The number of allylic oxidation sites excluding steroid dienone is 1. The number of hydrogen-bond acceptors (Lipinski definition) is 4. The molecular weight excluding hydrogens is 286 g/mol. The number of amides is 1. The van der Waals surface area contributed by atoms with Gasteiger partial charge in [-0.15, -0.1) is 11.3 Å². The Hall–Kier alpha value is -1.17. The van der Waals surface area contributed by atoms with Crippen LogP contribution in [-0.4, -0.2) is 29.9 Å². The molecule has 3 atom stereocenters. The summed E-state index contributed by atoms with van der Waals surface area (Å²) >= 11 is 1.70. The minimum Gasteiger partial charge on any atom is -0.350 e. The van der Waals surface area contributed by atoms with Crippen molar-refractivity contribution in [2.24, 2.45) is 5.92 Å². The fraction of sp³-hybridized carbons (Fsp3) is 0.562. The van der Waals surface area contributed by atoms with Gasteiger partial charge < -0.3 is 4.74 Å². The molecule has 0 spiro atoms. The largest absolute Gasteiger partial charge is 0.350 e. The Labute approximate surface area is 129 Å². The molecule has 0 saturated carbocycles. The first-order valence-electron chi connectivity index (χ1n) is 7.57. The molecule has 21 heavy (non-hydrogen) atoms. The topological polar surface area (TPSA) is 38.8 Å². The van der Waals surface area contributed by atoms with Crippen molar-refractivity contribution in [3.05, 3.63) is 28.5 Å². The summed E-state index contributed by atoms with van der Waals surface area (Å²) in [7, 11) is 0. The number of carbonyl (C=O) groups is 1. The van der Waals surface area contributed by atoms with Crippen molar-refractivity contribution in [2.45, 2.75) is 44.9 Å². The molecule has 1 aromatic rings. The van der Waals surface area contributed by atoms with E-state index in [4.69, 9.17) is 9.57 Å². The summed E-state index contributed by atoms with van der Waals surface area (Å²) in [4.78, 5) is 19.0. The Kier molecular flexibility index (Phi) is 4.73.